The molecule has 0 fully saturated rings. The Balaban J connectivity index is 2.03. The van der Waals surface area contributed by atoms with Crippen LogP contribution in [0, 0.1) is 23.3 Å². The van der Waals surface area contributed by atoms with E-state index in [9.17, 15) is 22.4 Å². The van der Waals surface area contributed by atoms with Gasteiger partial charge >= 0.3 is 6.03 Å². The molecule has 7 heteroatoms. The lowest BCUT2D eigenvalue weighted by Crippen LogP contribution is -2.31. The van der Waals surface area contributed by atoms with Gasteiger partial charge in [-0.05, 0) is 36.8 Å². The van der Waals surface area contributed by atoms with Crippen LogP contribution in [0.5, 0.6) is 0 Å². The molecule has 2 rings (SSSR count). The van der Waals surface area contributed by atoms with Crippen LogP contribution < -0.4 is 10.6 Å². The van der Waals surface area contributed by atoms with Gasteiger partial charge in [0.25, 0.3) is 0 Å². The van der Waals surface area contributed by atoms with E-state index in [0.717, 1.165) is 24.3 Å². The van der Waals surface area contributed by atoms with Crippen molar-refractivity contribution in [2.24, 2.45) is 0 Å². The number of halogens is 4. The lowest BCUT2D eigenvalue weighted by Gasteiger charge is -2.15. The molecule has 0 aromatic heterocycles. The second kappa shape index (κ2) is 6.46. The number of nitrogens with one attached hydrogen (secondary N) is 2. The SMILES string of the molecule is C[C@@H](NC(=O)Nc1cc(F)cc(F)c1)c1ccc(F)c(F)c1. The quantitative estimate of drug-likeness (QED) is 0.822. The van der Waals surface area contributed by atoms with Gasteiger partial charge in [0, 0.05) is 11.8 Å². The molecule has 3 nitrogen and oxygen atoms in total. The summed E-state index contributed by atoms with van der Waals surface area (Å²) in [6.07, 6.45) is 0. The number of anilines is 1. The minimum absolute atomic E-state index is 0.0625. The third kappa shape index (κ3) is 3.97. The zero-order valence-electron chi connectivity index (χ0n) is 11.5. The van der Waals surface area contributed by atoms with Crippen molar-refractivity contribution in [1.82, 2.24) is 5.32 Å². The number of hydrogen-bond donors (Lipinski definition) is 2. The zero-order chi connectivity index (χ0) is 16.3. The van der Waals surface area contributed by atoms with Gasteiger partial charge in [0.15, 0.2) is 11.6 Å². The van der Waals surface area contributed by atoms with Gasteiger partial charge in [-0.25, -0.2) is 22.4 Å². The fraction of sp³-hybridized carbons (Fsp3) is 0.133. The third-order valence-corrected chi connectivity index (χ3v) is 2.91. The summed E-state index contributed by atoms with van der Waals surface area (Å²) < 4.78 is 52.0. The molecule has 0 heterocycles. The molecule has 0 aliphatic heterocycles. The first kappa shape index (κ1) is 15.8. The summed E-state index contributed by atoms with van der Waals surface area (Å²) in [5.41, 5.74) is 0.284. The number of amides is 2. The molecule has 0 aliphatic carbocycles. The molecule has 0 saturated heterocycles. The Kier molecular flexibility index (Phi) is 4.65. The molecule has 2 amide bonds. The first-order chi connectivity index (χ1) is 10.3. The molecule has 2 aromatic rings. The van der Waals surface area contributed by atoms with Gasteiger partial charge in [0.05, 0.1) is 6.04 Å². The predicted octanol–water partition coefficient (Wildman–Crippen LogP) is 4.13. The van der Waals surface area contributed by atoms with Gasteiger partial charge in [0.2, 0.25) is 0 Å². The predicted molar refractivity (Wildman–Crippen MR) is 73.3 cm³/mol. The number of benzene rings is 2. The van der Waals surface area contributed by atoms with Gasteiger partial charge in [-0.1, -0.05) is 6.07 Å². The molecule has 22 heavy (non-hydrogen) atoms. The van der Waals surface area contributed by atoms with Crippen LogP contribution in [-0.2, 0) is 0 Å². The Bertz CT molecular complexity index is 686. The largest absolute Gasteiger partial charge is 0.331 e. The van der Waals surface area contributed by atoms with Gasteiger partial charge < -0.3 is 10.6 Å². The molecule has 0 radical (unpaired) electrons. The number of rotatable bonds is 3. The fourth-order valence-corrected chi connectivity index (χ4v) is 1.85. The van der Waals surface area contributed by atoms with Crippen molar-refractivity contribution < 1.29 is 22.4 Å². The maximum Gasteiger partial charge on any atom is 0.319 e. The van der Waals surface area contributed by atoms with Crippen molar-refractivity contribution in [3.05, 3.63) is 65.2 Å². The van der Waals surface area contributed by atoms with E-state index in [1.54, 1.807) is 6.92 Å². The maximum atomic E-state index is 13.1. The smallest absolute Gasteiger partial charge is 0.319 e. The van der Waals surface area contributed by atoms with E-state index in [2.05, 4.69) is 10.6 Å². The van der Waals surface area contributed by atoms with Gasteiger partial charge in [-0.15, -0.1) is 0 Å². The van der Waals surface area contributed by atoms with Gasteiger partial charge in [0.1, 0.15) is 11.6 Å². The topological polar surface area (TPSA) is 41.1 Å². The number of carbonyl (C=O) groups excluding carboxylic acids is 1. The molecule has 1 atom stereocenters. The minimum atomic E-state index is -1.03. The Labute approximate surface area is 124 Å². The number of hydrogen-bond acceptors (Lipinski definition) is 1. The van der Waals surface area contributed by atoms with Crippen molar-refractivity contribution >= 4 is 11.7 Å². The van der Waals surface area contributed by atoms with Crippen LogP contribution in [0.4, 0.5) is 28.0 Å². The van der Waals surface area contributed by atoms with Crippen LogP contribution in [0.25, 0.3) is 0 Å². The van der Waals surface area contributed by atoms with Crippen LogP contribution in [0.15, 0.2) is 36.4 Å². The maximum absolute atomic E-state index is 13.1. The van der Waals surface area contributed by atoms with Crippen LogP contribution in [-0.4, -0.2) is 6.03 Å². The highest BCUT2D eigenvalue weighted by atomic mass is 19.2. The lowest BCUT2D eigenvalue weighted by atomic mass is 10.1. The van der Waals surface area contributed by atoms with Crippen molar-refractivity contribution in [2.75, 3.05) is 5.32 Å². The summed E-state index contributed by atoms with van der Waals surface area (Å²) in [7, 11) is 0. The van der Waals surface area contributed by atoms with Crippen molar-refractivity contribution in [3.63, 3.8) is 0 Å². The molecular weight excluding hydrogens is 300 g/mol. The zero-order valence-corrected chi connectivity index (χ0v) is 11.5. The average Bonchev–Trinajstić information content (AvgIpc) is 2.40. The van der Waals surface area contributed by atoms with Crippen LogP contribution in [0.2, 0.25) is 0 Å². The third-order valence-electron chi connectivity index (χ3n) is 2.91. The van der Waals surface area contributed by atoms with Crippen molar-refractivity contribution in [3.8, 4) is 0 Å². The molecule has 2 aromatic carbocycles. The molecule has 0 spiro atoms. The van der Waals surface area contributed by atoms with E-state index < -0.39 is 35.3 Å². The fourth-order valence-electron chi connectivity index (χ4n) is 1.85. The lowest BCUT2D eigenvalue weighted by molar-refractivity contribution is 0.249. The van der Waals surface area contributed by atoms with E-state index in [-0.39, 0.29) is 5.69 Å². The van der Waals surface area contributed by atoms with E-state index in [0.29, 0.717) is 11.6 Å². The summed E-state index contributed by atoms with van der Waals surface area (Å²) in [6, 6.07) is 4.44. The Morgan fingerprint density at radius 1 is 0.955 bits per heavy atom. The highest BCUT2D eigenvalue weighted by Gasteiger charge is 2.12. The first-order valence-electron chi connectivity index (χ1n) is 6.33. The van der Waals surface area contributed by atoms with Crippen LogP contribution in [0.1, 0.15) is 18.5 Å². The first-order valence-corrected chi connectivity index (χ1v) is 6.33. The highest BCUT2D eigenvalue weighted by molar-refractivity contribution is 5.89. The summed E-state index contributed by atoms with van der Waals surface area (Å²) in [5.74, 6) is -3.68. The van der Waals surface area contributed by atoms with Crippen LogP contribution >= 0.6 is 0 Å². The molecule has 0 bridgehead atoms. The average molecular weight is 312 g/mol. The molecule has 2 N–H and O–H groups in total. The van der Waals surface area contributed by atoms with Gasteiger partial charge in [-0.3, -0.25) is 0 Å². The normalized spacial score (nSPS) is 11.9. The van der Waals surface area contributed by atoms with Crippen molar-refractivity contribution in [1.29, 1.82) is 0 Å². The second-order valence-electron chi connectivity index (χ2n) is 4.65. The monoisotopic (exact) mass is 312 g/mol. The van der Waals surface area contributed by atoms with Gasteiger partial charge in [-0.2, -0.15) is 0 Å². The summed E-state index contributed by atoms with van der Waals surface area (Å²) in [5, 5.41) is 4.70. The Hall–Kier alpha value is -2.57. The van der Waals surface area contributed by atoms with E-state index in [1.165, 1.54) is 6.07 Å². The molecule has 116 valence electrons. The number of urea groups is 1. The highest BCUT2D eigenvalue weighted by Crippen LogP contribution is 2.17. The summed E-state index contributed by atoms with van der Waals surface area (Å²) in [6.45, 7) is 1.55. The van der Waals surface area contributed by atoms with Crippen LogP contribution in [0.3, 0.4) is 0 Å². The standard InChI is InChI=1S/C15H12F4N2O/c1-8(9-2-3-13(18)14(19)4-9)20-15(22)21-12-6-10(16)5-11(17)7-12/h2-8H,1H3,(H2,20,21,22)/t8-/m1/s1. The minimum Gasteiger partial charge on any atom is -0.331 e. The van der Waals surface area contributed by atoms with E-state index in [1.807, 2.05) is 0 Å². The van der Waals surface area contributed by atoms with Crippen molar-refractivity contribution in [2.45, 2.75) is 13.0 Å². The summed E-state index contributed by atoms with van der Waals surface area (Å²) in [4.78, 5) is 11.7. The summed E-state index contributed by atoms with van der Waals surface area (Å²) >= 11 is 0. The Morgan fingerprint density at radius 3 is 2.18 bits per heavy atom. The molecule has 0 unspecified atom stereocenters. The van der Waals surface area contributed by atoms with E-state index >= 15 is 0 Å². The Morgan fingerprint density at radius 2 is 1.59 bits per heavy atom. The van der Waals surface area contributed by atoms with E-state index in [4.69, 9.17) is 0 Å². The number of carbonyl (C=O) groups is 1. The molecule has 0 saturated carbocycles. The second-order valence-corrected chi connectivity index (χ2v) is 4.65. The molecular formula is C15H12F4N2O. The molecule has 0 aliphatic rings.